The number of esters is 1. The Hall–Kier alpha value is -3.16. The molecule has 0 N–H and O–H groups in total. The summed E-state index contributed by atoms with van der Waals surface area (Å²) in [5, 5.41) is 0. The molecule has 2 rings (SSSR count). The van der Waals surface area contributed by atoms with Gasteiger partial charge in [0.05, 0.1) is 38.6 Å². The zero-order valence-electron chi connectivity index (χ0n) is 12.8. The number of methoxy groups -OCH3 is 3. The quantitative estimate of drug-likeness (QED) is 0.590. The standard InChI is InChI=1S/C15H15N3O5/c1-21-12-8-13(22-2)17-15(16-12)18(9-19)11-7-5-4-6-10(11)14(20)23-3/h4-9H,1-3H3. The van der Waals surface area contributed by atoms with E-state index >= 15 is 0 Å². The topological polar surface area (TPSA) is 90.9 Å². The lowest BCUT2D eigenvalue weighted by atomic mass is 10.1. The van der Waals surface area contributed by atoms with Crippen LogP contribution >= 0.6 is 0 Å². The van der Waals surface area contributed by atoms with Gasteiger partial charge >= 0.3 is 5.97 Å². The Kier molecular flexibility index (Phi) is 5.08. The molecule has 120 valence electrons. The molecule has 1 aromatic carbocycles. The first-order valence-electron chi connectivity index (χ1n) is 6.53. The molecule has 0 aliphatic rings. The molecule has 0 fully saturated rings. The molecule has 0 saturated carbocycles. The lowest BCUT2D eigenvalue weighted by Crippen LogP contribution is -2.20. The highest BCUT2D eigenvalue weighted by atomic mass is 16.5. The smallest absolute Gasteiger partial charge is 0.339 e. The van der Waals surface area contributed by atoms with Crippen molar-refractivity contribution in [2.24, 2.45) is 0 Å². The molecular weight excluding hydrogens is 302 g/mol. The summed E-state index contributed by atoms with van der Waals surface area (Å²) in [7, 11) is 4.12. The number of ether oxygens (including phenoxy) is 3. The third kappa shape index (κ3) is 3.37. The third-order valence-corrected chi connectivity index (χ3v) is 2.98. The second-order valence-corrected chi connectivity index (χ2v) is 4.24. The van der Waals surface area contributed by atoms with Crippen LogP contribution in [-0.2, 0) is 9.53 Å². The Balaban J connectivity index is 2.57. The van der Waals surface area contributed by atoms with Gasteiger partial charge in [0.1, 0.15) is 0 Å². The number of aromatic nitrogens is 2. The van der Waals surface area contributed by atoms with E-state index in [2.05, 4.69) is 9.97 Å². The fraction of sp³-hybridized carbons (Fsp3) is 0.200. The Labute approximate surface area is 132 Å². The van der Waals surface area contributed by atoms with Gasteiger partial charge < -0.3 is 14.2 Å². The lowest BCUT2D eigenvalue weighted by Gasteiger charge is -2.18. The molecular formula is C15H15N3O5. The van der Waals surface area contributed by atoms with Gasteiger partial charge in [-0.1, -0.05) is 12.1 Å². The van der Waals surface area contributed by atoms with Gasteiger partial charge in [0, 0.05) is 0 Å². The molecule has 0 unspecified atom stereocenters. The first-order valence-corrected chi connectivity index (χ1v) is 6.53. The first-order chi connectivity index (χ1) is 11.1. The molecule has 1 amide bonds. The van der Waals surface area contributed by atoms with Crippen LogP contribution in [0, 0.1) is 0 Å². The van der Waals surface area contributed by atoms with Crippen molar-refractivity contribution in [3.05, 3.63) is 35.9 Å². The Bertz CT molecular complexity index is 698. The maximum atomic E-state index is 11.9. The van der Waals surface area contributed by atoms with Gasteiger partial charge in [-0.2, -0.15) is 9.97 Å². The van der Waals surface area contributed by atoms with E-state index in [-0.39, 0.29) is 29.0 Å². The van der Waals surface area contributed by atoms with Gasteiger partial charge in [0.2, 0.25) is 24.1 Å². The van der Waals surface area contributed by atoms with E-state index in [1.54, 1.807) is 18.2 Å². The fourth-order valence-corrected chi connectivity index (χ4v) is 1.89. The number of carbonyl (C=O) groups excluding carboxylic acids is 2. The summed E-state index contributed by atoms with van der Waals surface area (Å²) < 4.78 is 14.8. The van der Waals surface area contributed by atoms with E-state index in [0.717, 1.165) is 4.90 Å². The van der Waals surface area contributed by atoms with Gasteiger partial charge in [-0.25, -0.2) is 4.79 Å². The number of nitrogens with zero attached hydrogens (tertiary/aromatic N) is 3. The maximum Gasteiger partial charge on any atom is 0.339 e. The van der Waals surface area contributed by atoms with E-state index in [4.69, 9.17) is 14.2 Å². The SMILES string of the molecule is COC(=O)c1ccccc1N(C=O)c1nc(OC)cc(OC)n1. The predicted molar refractivity (Wildman–Crippen MR) is 81.1 cm³/mol. The number of amides is 1. The normalized spacial score (nSPS) is 9.87. The zero-order chi connectivity index (χ0) is 16.8. The number of rotatable bonds is 6. The van der Waals surface area contributed by atoms with Crippen LogP contribution in [0.15, 0.2) is 30.3 Å². The van der Waals surface area contributed by atoms with Gasteiger partial charge in [-0.05, 0) is 12.1 Å². The second-order valence-electron chi connectivity index (χ2n) is 4.24. The molecule has 0 aliphatic carbocycles. The van der Waals surface area contributed by atoms with Crippen molar-refractivity contribution in [1.82, 2.24) is 9.97 Å². The number of hydrogen-bond donors (Lipinski definition) is 0. The van der Waals surface area contributed by atoms with Gasteiger partial charge in [-0.15, -0.1) is 0 Å². The minimum atomic E-state index is -0.581. The molecule has 1 heterocycles. The molecule has 0 atom stereocenters. The molecule has 23 heavy (non-hydrogen) atoms. The van der Waals surface area contributed by atoms with E-state index in [0.29, 0.717) is 6.41 Å². The van der Waals surface area contributed by atoms with Crippen molar-refractivity contribution in [1.29, 1.82) is 0 Å². The van der Waals surface area contributed by atoms with Crippen molar-refractivity contribution >= 4 is 24.0 Å². The minimum absolute atomic E-state index is 0.00699. The summed E-state index contributed by atoms with van der Waals surface area (Å²) in [5.41, 5.74) is 0.483. The highest BCUT2D eigenvalue weighted by Crippen LogP contribution is 2.28. The summed E-state index contributed by atoms with van der Waals surface area (Å²) in [6.07, 6.45) is 0.496. The zero-order valence-corrected chi connectivity index (χ0v) is 12.8. The molecule has 0 bridgehead atoms. The number of anilines is 2. The Morgan fingerprint density at radius 3 is 2.22 bits per heavy atom. The van der Waals surface area contributed by atoms with Gasteiger partial charge in [-0.3, -0.25) is 9.69 Å². The van der Waals surface area contributed by atoms with Crippen molar-refractivity contribution < 1.29 is 23.8 Å². The molecule has 1 aromatic heterocycles. The molecule has 8 heteroatoms. The third-order valence-electron chi connectivity index (χ3n) is 2.98. The van der Waals surface area contributed by atoms with Crippen LogP contribution in [0.2, 0.25) is 0 Å². The molecule has 0 radical (unpaired) electrons. The van der Waals surface area contributed by atoms with E-state index < -0.39 is 5.97 Å². The van der Waals surface area contributed by atoms with Crippen molar-refractivity contribution in [2.75, 3.05) is 26.2 Å². The predicted octanol–water partition coefficient (Wildman–Crippen LogP) is 1.57. The molecule has 8 nitrogen and oxygen atoms in total. The van der Waals surface area contributed by atoms with Crippen LogP contribution in [0.5, 0.6) is 11.8 Å². The van der Waals surface area contributed by atoms with E-state index in [1.165, 1.54) is 33.5 Å². The van der Waals surface area contributed by atoms with Crippen molar-refractivity contribution in [2.45, 2.75) is 0 Å². The summed E-state index contributed by atoms with van der Waals surface area (Å²) in [4.78, 5) is 32.8. The molecule has 0 aliphatic heterocycles. The highest BCUT2D eigenvalue weighted by Gasteiger charge is 2.21. The average molecular weight is 317 g/mol. The largest absolute Gasteiger partial charge is 0.481 e. The van der Waals surface area contributed by atoms with Crippen LogP contribution in [0.4, 0.5) is 11.6 Å². The van der Waals surface area contributed by atoms with Gasteiger partial charge in [0.25, 0.3) is 0 Å². The van der Waals surface area contributed by atoms with Crippen molar-refractivity contribution in [3.8, 4) is 11.8 Å². The van der Waals surface area contributed by atoms with Crippen LogP contribution in [0.25, 0.3) is 0 Å². The molecule has 2 aromatic rings. The summed E-state index contributed by atoms with van der Waals surface area (Å²) in [6.45, 7) is 0. The van der Waals surface area contributed by atoms with Crippen LogP contribution in [0.3, 0.4) is 0 Å². The van der Waals surface area contributed by atoms with Crippen LogP contribution in [0.1, 0.15) is 10.4 Å². The van der Waals surface area contributed by atoms with Crippen LogP contribution < -0.4 is 14.4 Å². The minimum Gasteiger partial charge on any atom is -0.481 e. The molecule has 0 spiro atoms. The van der Waals surface area contributed by atoms with E-state index in [1.807, 2.05) is 0 Å². The number of carbonyl (C=O) groups is 2. The van der Waals surface area contributed by atoms with Crippen LogP contribution in [-0.4, -0.2) is 43.7 Å². The summed E-state index contributed by atoms with van der Waals surface area (Å²) in [6, 6.07) is 7.92. The summed E-state index contributed by atoms with van der Waals surface area (Å²) in [5.74, 6) is -0.140. The Morgan fingerprint density at radius 1 is 1.09 bits per heavy atom. The number of para-hydroxylation sites is 1. The monoisotopic (exact) mass is 317 g/mol. The van der Waals surface area contributed by atoms with Gasteiger partial charge in [0.15, 0.2) is 0 Å². The number of benzene rings is 1. The molecule has 0 saturated heterocycles. The second kappa shape index (κ2) is 7.21. The first kappa shape index (κ1) is 16.2. The van der Waals surface area contributed by atoms with E-state index in [9.17, 15) is 9.59 Å². The highest BCUT2D eigenvalue weighted by molar-refractivity contribution is 6.00. The van der Waals surface area contributed by atoms with Crippen molar-refractivity contribution in [3.63, 3.8) is 0 Å². The number of hydrogen-bond acceptors (Lipinski definition) is 7. The Morgan fingerprint density at radius 2 is 1.70 bits per heavy atom. The fourth-order valence-electron chi connectivity index (χ4n) is 1.89. The maximum absolute atomic E-state index is 11.9. The average Bonchev–Trinajstić information content (AvgIpc) is 2.61. The lowest BCUT2D eigenvalue weighted by molar-refractivity contribution is -0.106. The summed E-state index contributed by atoms with van der Waals surface area (Å²) >= 11 is 0.